The van der Waals surface area contributed by atoms with Gasteiger partial charge in [0.15, 0.2) is 0 Å². The molecule has 0 radical (unpaired) electrons. The van der Waals surface area contributed by atoms with Crippen molar-refractivity contribution in [2.24, 2.45) is 0 Å². The van der Waals surface area contributed by atoms with Gasteiger partial charge in [0.05, 0.1) is 11.4 Å². The summed E-state index contributed by atoms with van der Waals surface area (Å²) in [7, 11) is -3.57. The molecule has 1 aromatic heterocycles. The summed E-state index contributed by atoms with van der Waals surface area (Å²) in [5, 5.41) is 1.65. The first-order valence-corrected chi connectivity index (χ1v) is 9.49. The summed E-state index contributed by atoms with van der Waals surface area (Å²) in [6, 6.07) is 14.5. The molecule has 1 atom stereocenters. The molecule has 1 fully saturated rings. The summed E-state index contributed by atoms with van der Waals surface area (Å²) in [5.74, 6) is 0.462. The second kappa shape index (κ2) is 6.42. The van der Waals surface area contributed by atoms with Crippen molar-refractivity contribution in [1.29, 1.82) is 0 Å². The van der Waals surface area contributed by atoms with E-state index in [1.165, 1.54) is 10.6 Å². The molecule has 0 aliphatic carbocycles. The van der Waals surface area contributed by atoms with Crippen LogP contribution in [0.3, 0.4) is 0 Å². The molecule has 6 nitrogen and oxygen atoms in total. The Morgan fingerprint density at radius 1 is 1.08 bits per heavy atom. The van der Waals surface area contributed by atoms with Gasteiger partial charge in [-0.3, -0.25) is 0 Å². The summed E-state index contributed by atoms with van der Waals surface area (Å²) >= 11 is 0. The minimum Gasteiger partial charge on any atom is -0.473 e. The average molecular weight is 355 g/mol. The maximum absolute atomic E-state index is 13.1. The van der Waals surface area contributed by atoms with Gasteiger partial charge >= 0.3 is 0 Å². The van der Waals surface area contributed by atoms with E-state index in [4.69, 9.17) is 4.74 Å². The maximum atomic E-state index is 13.1. The van der Waals surface area contributed by atoms with Gasteiger partial charge < -0.3 is 4.74 Å². The highest BCUT2D eigenvalue weighted by atomic mass is 32.2. The van der Waals surface area contributed by atoms with Crippen LogP contribution in [0.2, 0.25) is 0 Å². The normalized spacial score (nSPS) is 18.5. The van der Waals surface area contributed by atoms with Crippen LogP contribution in [0.25, 0.3) is 10.8 Å². The zero-order chi connectivity index (χ0) is 17.3. The second-order valence-electron chi connectivity index (χ2n) is 5.92. The van der Waals surface area contributed by atoms with Gasteiger partial charge in [-0.05, 0) is 17.9 Å². The minimum absolute atomic E-state index is 0.209. The van der Waals surface area contributed by atoms with Crippen molar-refractivity contribution in [2.45, 2.75) is 17.4 Å². The second-order valence-corrected chi connectivity index (χ2v) is 7.82. The molecular formula is C18H17N3O3S. The van der Waals surface area contributed by atoms with Crippen molar-refractivity contribution < 1.29 is 13.2 Å². The van der Waals surface area contributed by atoms with Crippen LogP contribution in [0.15, 0.2) is 66.0 Å². The molecule has 0 bridgehead atoms. The number of ether oxygens (including phenoxy) is 1. The number of hydrogen-bond donors (Lipinski definition) is 0. The lowest BCUT2D eigenvalue weighted by atomic mass is 10.1. The minimum atomic E-state index is -3.57. The van der Waals surface area contributed by atoms with Crippen LogP contribution in [0.1, 0.15) is 6.42 Å². The highest BCUT2D eigenvalue weighted by molar-refractivity contribution is 7.89. The molecule has 7 heteroatoms. The fourth-order valence-corrected chi connectivity index (χ4v) is 4.79. The molecule has 128 valence electrons. The van der Waals surface area contributed by atoms with Crippen molar-refractivity contribution in [3.05, 3.63) is 61.1 Å². The van der Waals surface area contributed by atoms with E-state index in [-0.39, 0.29) is 6.10 Å². The topological polar surface area (TPSA) is 72.4 Å². The van der Waals surface area contributed by atoms with Crippen LogP contribution in [-0.4, -0.2) is 41.9 Å². The molecule has 2 aromatic carbocycles. The summed E-state index contributed by atoms with van der Waals surface area (Å²) in [4.78, 5) is 8.21. The van der Waals surface area contributed by atoms with Crippen molar-refractivity contribution in [3.8, 4) is 5.88 Å². The summed E-state index contributed by atoms with van der Waals surface area (Å²) in [6.45, 7) is 0.747. The SMILES string of the molecule is O=S(=O)(c1cccc2ccccc12)N1CC[C@H](Oc2ccncn2)C1. The van der Waals surface area contributed by atoms with Crippen LogP contribution < -0.4 is 4.74 Å². The number of hydrogen-bond acceptors (Lipinski definition) is 5. The number of nitrogens with zero attached hydrogens (tertiary/aromatic N) is 3. The van der Waals surface area contributed by atoms with Crippen molar-refractivity contribution in [1.82, 2.24) is 14.3 Å². The molecule has 1 aliphatic rings. The number of sulfonamides is 1. The van der Waals surface area contributed by atoms with Crippen molar-refractivity contribution >= 4 is 20.8 Å². The van der Waals surface area contributed by atoms with Gasteiger partial charge in [0.1, 0.15) is 12.4 Å². The molecule has 0 unspecified atom stereocenters. The molecule has 0 saturated carbocycles. The third-order valence-electron chi connectivity index (χ3n) is 4.32. The highest BCUT2D eigenvalue weighted by Gasteiger charge is 2.34. The van der Waals surface area contributed by atoms with Crippen LogP contribution in [-0.2, 0) is 10.0 Å². The van der Waals surface area contributed by atoms with Gasteiger partial charge in [-0.2, -0.15) is 4.31 Å². The van der Waals surface area contributed by atoms with E-state index in [2.05, 4.69) is 9.97 Å². The smallest absolute Gasteiger partial charge is 0.243 e. The Labute approximate surface area is 146 Å². The molecule has 1 aliphatic heterocycles. The van der Waals surface area contributed by atoms with Gasteiger partial charge in [-0.1, -0.05) is 36.4 Å². The van der Waals surface area contributed by atoms with Gasteiger partial charge in [-0.25, -0.2) is 18.4 Å². The first-order valence-electron chi connectivity index (χ1n) is 8.05. The van der Waals surface area contributed by atoms with E-state index >= 15 is 0 Å². The van der Waals surface area contributed by atoms with Gasteiger partial charge in [0, 0.05) is 24.2 Å². The van der Waals surface area contributed by atoms with E-state index in [9.17, 15) is 8.42 Å². The van der Waals surface area contributed by atoms with Crippen LogP contribution in [0.4, 0.5) is 0 Å². The monoisotopic (exact) mass is 355 g/mol. The Balaban J connectivity index is 1.59. The van der Waals surface area contributed by atoms with Gasteiger partial charge in [-0.15, -0.1) is 0 Å². The lowest BCUT2D eigenvalue weighted by molar-refractivity contribution is 0.206. The molecule has 4 rings (SSSR count). The molecule has 0 N–H and O–H groups in total. The Bertz CT molecular complexity index is 987. The highest BCUT2D eigenvalue weighted by Crippen LogP contribution is 2.28. The van der Waals surface area contributed by atoms with Crippen molar-refractivity contribution in [2.75, 3.05) is 13.1 Å². The van der Waals surface area contributed by atoms with Gasteiger partial charge in [0.2, 0.25) is 15.9 Å². The predicted molar refractivity (Wildman–Crippen MR) is 93.8 cm³/mol. The maximum Gasteiger partial charge on any atom is 0.243 e. The third kappa shape index (κ3) is 3.08. The number of benzene rings is 2. The molecule has 0 spiro atoms. The summed E-state index contributed by atoms with van der Waals surface area (Å²) in [6.07, 6.45) is 3.43. The number of fused-ring (bicyclic) bond motifs is 1. The lowest BCUT2D eigenvalue weighted by Crippen LogP contribution is -2.31. The Kier molecular flexibility index (Phi) is 4.10. The van der Waals surface area contributed by atoms with E-state index in [1.807, 2.05) is 30.3 Å². The zero-order valence-corrected chi connectivity index (χ0v) is 14.3. The molecule has 2 heterocycles. The first-order chi connectivity index (χ1) is 12.1. The fraction of sp³-hybridized carbons (Fsp3) is 0.222. The van der Waals surface area contributed by atoms with Crippen LogP contribution >= 0.6 is 0 Å². The Hall–Kier alpha value is -2.51. The fourth-order valence-electron chi connectivity index (χ4n) is 3.09. The quantitative estimate of drug-likeness (QED) is 0.719. The van der Waals surface area contributed by atoms with E-state index in [0.717, 1.165) is 10.8 Å². The largest absolute Gasteiger partial charge is 0.473 e. The zero-order valence-electron chi connectivity index (χ0n) is 13.4. The number of aromatic nitrogens is 2. The Morgan fingerprint density at radius 2 is 1.92 bits per heavy atom. The van der Waals surface area contributed by atoms with Crippen molar-refractivity contribution in [3.63, 3.8) is 0 Å². The average Bonchev–Trinajstić information content (AvgIpc) is 3.11. The van der Waals surface area contributed by atoms with E-state index < -0.39 is 10.0 Å². The molecule has 3 aromatic rings. The predicted octanol–water partition coefficient (Wildman–Crippen LogP) is 2.47. The Morgan fingerprint density at radius 3 is 2.76 bits per heavy atom. The van der Waals surface area contributed by atoms with Crippen LogP contribution in [0.5, 0.6) is 5.88 Å². The standard InChI is InChI=1S/C18H17N3O3S/c22-25(23,17-7-3-5-14-4-1-2-6-16(14)17)21-11-9-15(12-21)24-18-8-10-19-13-20-18/h1-8,10,13,15H,9,11-12H2/t15-/m0/s1. The molecule has 1 saturated heterocycles. The number of rotatable bonds is 4. The van der Waals surface area contributed by atoms with E-state index in [1.54, 1.807) is 24.4 Å². The lowest BCUT2D eigenvalue weighted by Gasteiger charge is -2.18. The molecular weight excluding hydrogens is 338 g/mol. The summed E-state index contributed by atoms with van der Waals surface area (Å²) < 4.78 is 33.4. The third-order valence-corrected chi connectivity index (χ3v) is 6.24. The molecule has 25 heavy (non-hydrogen) atoms. The van der Waals surface area contributed by atoms with Crippen LogP contribution in [0, 0.1) is 0 Å². The summed E-state index contributed by atoms with van der Waals surface area (Å²) in [5.41, 5.74) is 0. The first kappa shape index (κ1) is 16.0. The van der Waals surface area contributed by atoms with Gasteiger partial charge in [0.25, 0.3) is 0 Å². The molecule has 0 amide bonds. The van der Waals surface area contributed by atoms with E-state index in [0.29, 0.717) is 30.3 Å².